The molecule has 3 amide bonds. The number of nitrogens with one attached hydrogen (secondary N) is 3. The van der Waals surface area contributed by atoms with Crippen molar-refractivity contribution in [1.82, 2.24) is 14.9 Å². The van der Waals surface area contributed by atoms with Crippen molar-refractivity contribution in [2.45, 2.75) is 57.0 Å². The molecule has 344 valence electrons. The minimum atomic E-state index is -5.08. The average molecular weight is 938 g/mol. The lowest BCUT2D eigenvalue weighted by atomic mass is 9.95. The highest BCUT2D eigenvalue weighted by atomic mass is 35.5. The third-order valence-electron chi connectivity index (χ3n) is 12.4. The van der Waals surface area contributed by atoms with E-state index in [1.807, 2.05) is 0 Å². The minimum absolute atomic E-state index is 0.0517. The number of amides is 3. The summed E-state index contributed by atoms with van der Waals surface area (Å²) in [5.74, 6) is -3.20. The molecule has 0 aliphatic carbocycles. The summed E-state index contributed by atoms with van der Waals surface area (Å²) in [4.78, 5) is 63.5. The van der Waals surface area contributed by atoms with Gasteiger partial charge in [0.1, 0.15) is 11.4 Å². The molecule has 2 aliphatic rings. The number of benzene rings is 3. The number of H-pyrrole nitrogens is 2. The Kier molecular flexibility index (Phi) is 12.0. The Hall–Kier alpha value is -6.02. The number of rotatable bonds is 10. The van der Waals surface area contributed by atoms with Crippen LogP contribution in [0.1, 0.15) is 69.3 Å². The van der Waals surface area contributed by atoms with Crippen LogP contribution in [-0.2, 0) is 20.1 Å². The predicted molar refractivity (Wildman–Crippen MR) is 239 cm³/mol. The molecule has 0 bridgehead atoms. The van der Waals surface area contributed by atoms with Crippen LogP contribution in [0.5, 0.6) is 11.5 Å². The molecule has 3 aromatic heterocycles. The first-order chi connectivity index (χ1) is 30.7. The van der Waals surface area contributed by atoms with E-state index in [0.29, 0.717) is 33.3 Å². The second-order valence-corrected chi connectivity index (χ2v) is 22.6. The summed E-state index contributed by atoms with van der Waals surface area (Å²) in [6, 6.07) is 14.1. The van der Waals surface area contributed by atoms with Crippen LogP contribution >= 0.6 is 11.6 Å². The van der Waals surface area contributed by atoms with Gasteiger partial charge in [-0.15, -0.1) is 11.6 Å². The number of furan rings is 1. The molecule has 5 heterocycles. The number of carbonyl (C=O) groups excluding carboxylic acids is 4. The second-order valence-electron chi connectivity index (χ2n) is 17.5. The van der Waals surface area contributed by atoms with Gasteiger partial charge in [-0.2, -0.15) is 13.2 Å². The minimum Gasteiger partial charge on any atom is -0.493 e. The number of anilines is 2. The summed E-state index contributed by atoms with van der Waals surface area (Å²) in [6.07, 6.45) is -5.98. The molecule has 6 aromatic rings. The second kappa shape index (κ2) is 17.1. The number of aromatic amines is 2. The van der Waals surface area contributed by atoms with Crippen molar-refractivity contribution in [3.05, 3.63) is 82.9 Å². The standard InChI is InChI=1S/C45H47ClF3N5O10Si/c1-44(2,3)65(6,7)62-22-27-21-61-14-13-53(27)43(58)64-32-18-30-34(35-36(42(57)60-5)39(45(47,48)49)52-37(32)35)25(19-46)20-54(30)41(56)29-16-24-15-26(11-12-28(24)51-29)50-40(55)33-17-23-9-8-10-31(59-4)38(23)63-33/h8-12,15-18,25,27,51-52H,13-14,19-22H2,1-7H3,(H,50,55)/t25-,27-/m1/s1. The monoisotopic (exact) mass is 937 g/mol. The summed E-state index contributed by atoms with van der Waals surface area (Å²) < 4.78 is 78.5. The number of fused-ring (bicyclic) bond motifs is 5. The molecule has 0 unspecified atom stereocenters. The first kappa shape index (κ1) is 45.5. The topological polar surface area (TPSA) is 178 Å². The van der Waals surface area contributed by atoms with Crippen LogP contribution in [0.15, 0.2) is 59.0 Å². The Morgan fingerprint density at radius 1 is 0.985 bits per heavy atom. The fraction of sp³-hybridized carbons (Fsp3) is 0.378. The van der Waals surface area contributed by atoms with Gasteiger partial charge in [-0.3, -0.25) is 14.5 Å². The molecule has 0 radical (unpaired) electrons. The van der Waals surface area contributed by atoms with Gasteiger partial charge in [-0.1, -0.05) is 32.9 Å². The molecule has 2 atom stereocenters. The van der Waals surface area contributed by atoms with Crippen LogP contribution < -0.4 is 19.7 Å². The maximum Gasteiger partial charge on any atom is 0.432 e. The van der Waals surface area contributed by atoms with Crippen LogP contribution in [0, 0.1) is 0 Å². The largest absolute Gasteiger partial charge is 0.493 e. The third kappa shape index (κ3) is 8.41. The Morgan fingerprint density at radius 3 is 2.45 bits per heavy atom. The third-order valence-corrected chi connectivity index (χ3v) is 17.3. The van der Waals surface area contributed by atoms with Crippen LogP contribution in [0.3, 0.4) is 0 Å². The number of morpholine rings is 1. The number of hydrogen-bond donors (Lipinski definition) is 3. The number of esters is 1. The van der Waals surface area contributed by atoms with Crippen molar-refractivity contribution in [1.29, 1.82) is 0 Å². The van der Waals surface area contributed by atoms with E-state index in [2.05, 4.69) is 49.1 Å². The lowest BCUT2D eigenvalue weighted by Gasteiger charge is -2.40. The van der Waals surface area contributed by atoms with Crippen molar-refractivity contribution in [2.75, 3.05) is 63.2 Å². The Balaban J connectivity index is 1.15. The van der Waals surface area contributed by atoms with Gasteiger partial charge in [-0.25, -0.2) is 9.59 Å². The maximum absolute atomic E-state index is 14.8. The number of carbonyl (C=O) groups is 4. The van der Waals surface area contributed by atoms with Gasteiger partial charge in [0.2, 0.25) is 0 Å². The molecule has 8 rings (SSSR count). The van der Waals surface area contributed by atoms with Crippen molar-refractivity contribution in [2.24, 2.45) is 0 Å². The van der Waals surface area contributed by atoms with E-state index in [9.17, 15) is 32.3 Å². The smallest absolute Gasteiger partial charge is 0.432 e. The SMILES string of the molecule is COC(=O)c1c(C(F)(F)F)[nH]c2c(OC(=O)N3CCOC[C@@H]3CO[Si](C)(C)C(C)(C)C)cc3c(c12)[C@H](CCl)CN3C(=O)c1cc2cc(NC(=O)c3cc4cccc(OC)c4o3)ccc2[nH]1. The van der Waals surface area contributed by atoms with E-state index < -0.39 is 61.6 Å². The van der Waals surface area contributed by atoms with Crippen LogP contribution in [0.25, 0.3) is 32.8 Å². The number of methoxy groups -OCH3 is 2. The fourth-order valence-corrected chi connectivity index (χ4v) is 9.29. The summed E-state index contributed by atoms with van der Waals surface area (Å²) in [5.41, 5.74) is -0.910. The average Bonchev–Trinajstić information content (AvgIpc) is 4.07. The van der Waals surface area contributed by atoms with Crippen molar-refractivity contribution >= 4 is 87.9 Å². The Bertz CT molecular complexity index is 2870. The molecular formula is C45H47ClF3N5O10Si. The predicted octanol–water partition coefficient (Wildman–Crippen LogP) is 9.67. The van der Waals surface area contributed by atoms with Crippen molar-refractivity contribution in [3.8, 4) is 11.5 Å². The van der Waals surface area contributed by atoms with Gasteiger partial charge in [0.15, 0.2) is 31.2 Å². The summed E-state index contributed by atoms with van der Waals surface area (Å²) in [7, 11) is 0.177. The number of hydrogen-bond acceptors (Lipinski definition) is 10. The van der Waals surface area contributed by atoms with Gasteiger partial charge < -0.3 is 48.0 Å². The summed E-state index contributed by atoms with van der Waals surface area (Å²) in [6.45, 7) is 10.8. The molecule has 1 saturated heterocycles. The molecule has 2 aliphatic heterocycles. The molecule has 1 fully saturated rings. The zero-order valence-corrected chi connectivity index (χ0v) is 38.3. The highest BCUT2D eigenvalue weighted by Gasteiger charge is 2.45. The van der Waals surface area contributed by atoms with Gasteiger partial charge in [-0.05, 0) is 60.1 Å². The Labute approximate surface area is 376 Å². The number of halogens is 4. The van der Waals surface area contributed by atoms with E-state index in [1.54, 1.807) is 48.5 Å². The van der Waals surface area contributed by atoms with Crippen LogP contribution in [0.2, 0.25) is 18.1 Å². The normalized spacial score (nSPS) is 16.9. The highest BCUT2D eigenvalue weighted by Crippen LogP contribution is 2.50. The number of ether oxygens (including phenoxy) is 4. The van der Waals surface area contributed by atoms with Crippen molar-refractivity contribution in [3.63, 3.8) is 0 Å². The highest BCUT2D eigenvalue weighted by molar-refractivity contribution is 6.74. The lowest BCUT2D eigenvalue weighted by Crippen LogP contribution is -2.54. The fourth-order valence-electron chi connectivity index (χ4n) is 8.00. The van der Waals surface area contributed by atoms with E-state index in [0.717, 1.165) is 7.11 Å². The molecule has 3 N–H and O–H groups in total. The van der Waals surface area contributed by atoms with Gasteiger partial charge in [0.05, 0.1) is 56.8 Å². The number of alkyl halides is 4. The molecule has 15 nitrogen and oxygen atoms in total. The Morgan fingerprint density at radius 2 is 1.75 bits per heavy atom. The quantitative estimate of drug-likeness (QED) is 0.0681. The van der Waals surface area contributed by atoms with E-state index in [1.165, 1.54) is 23.0 Å². The van der Waals surface area contributed by atoms with Crippen LogP contribution in [-0.4, -0.2) is 106 Å². The van der Waals surface area contributed by atoms with E-state index >= 15 is 0 Å². The van der Waals surface area contributed by atoms with Gasteiger partial charge >= 0.3 is 18.2 Å². The van der Waals surface area contributed by atoms with E-state index in [4.69, 9.17) is 39.4 Å². The zero-order valence-electron chi connectivity index (χ0n) is 36.6. The zero-order chi connectivity index (χ0) is 46.7. The van der Waals surface area contributed by atoms with Crippen LogP contribution in [0.4, 0.5) is 29.3 Å². The number of aromatic nitrogens is 2. The molecule has 65 heavy (non-hydrogen) atoms. The van der Waals surface area contributed by atoms with Gasteiger partial charge in [0, 0.05) is 58.3 Å². The summed E-state index contributed by atoms with van der Waals surface area (Å²) >= 11 is 6.50. The number of nitrogens with zero attached hydrogens (tertiary/aromatic N) is 2. The molecule has 3 aromatic carbocycles. The summed E-state index contributed by atoms with van der Waals surface area (Å²) in [5, 5.41) is 3.66. The van der Waals surface area contributed by atoms with Crippen molar-refractivity contribution < 1.29 is 60.1 Å². The molecule has 0 spiro atoms. The lowest BCUT2D eigenvalue weighted by molar-refractivity contribution is -0.141. The molecule has 0 saturated carbocycles. The molecular weight excluding hydrogens is 891 g/mol. The molecule has 20 heteroatoms. The first-order valence-electron chi connectivity index (χ1n) is 20.7. The number of para-hydroxylation sites is 1. The maximum atomic E-state index is 14.8. The van der Waals surface area contributed by atoms with E-state index in [-0.39, 0.29) is 83.2 Å². The van der Waals surface area contributed by atoms with Gasteiger partial charge in [0.25, 0.3) is 11.8 Å². The first-order valence-corrected chi connectivity index (χ1v) is 24.2.